The van der Waals surface area contributed by atoms with E-state index < -0.39 is 17.4 Å². The van der Waals surface area contributed by atoms with E-state index in [0.29, 0.717) is 17.6 Å². The number of benzene rings is 1. The van der Waals surface area contributed by atoms with Crippen molar-refractivity contribution in [3.05, 3.63) is 33.9 Å². The van der Waals surface area contributed by atoms with Crippen LogP contribution in [0.3, 0.4) is 0 Å². The van der Waals surface area contributed by atoms with Crippen molar-refractivity contribution in [1.82, 2.24) is 9.88 Å². The second-order valence-electron chi connectivity index (χ2n) is 6.63. The number of carbonyl (C=O) groups is 1. The lowest BCUT2D eigenvalue weighted by Crippen LogP contribution is -2.46. The molecule has 0 radical (unpaired) electrons. The van der Waals surface area contributed by atoms with E-state index in [1.54, 1.807) is 0 Å². The summed E-state index contributed by atoms with van der Waals surface area (Å²) in [7, 11) is 0. The highest BCUT2D eigenvalue weighted by Gasteiger charge is 2.24. The van der Waals surface area contributed by atoms with Gasteiger partial charge in [0.1, 0.15) is 5.82 Å². The van der Waals surface area contributed by atoms with Gasteiger partial charge >= 0.3 is 6.16 Å². The van der Waals surface area contributed by atoms with Crippen LogP contribution < -0.4 is 15.1 Å². The lowest BCUT2D eigenvalue weighted by atomic mass is 10.0. The van der Waals surface area contributed by atoms with E-state index in [9.17, 15) is 9.59 Å². The van der Waals surface area contributed by atoms with Gasteiger partial charge in [0.05, 0.1) is 16.6 Å². The average molecular weight is 377 g/mol. The molecule has 7 nitrogen and oxygen atoms in total. The van der Waals surface area contributed by atoms with Crippen LogP contribution in [0, 0.1) is 5.82 Å². The maximum Gasteiger partial charge on any atom is 0.511 e. The fourth-order valence-corrected chi connectivity index (χ4v) is 3.67. The van der Waals surface area contributed by atoms with Gasteiger partial charge in [0.15, 0.2) is 5.75 Å². The van der Waals surface area contributed by atoms with Gasteiger partial charge in [-0.2, -0.15) is 0 Å². The first-order valence-corrected chi connectivity index (χ1v) is 9.21. The first kappa shape index (κ1) is 19.2. The second-order valence-corrected chi connectivity index (χ2v) is 6.63. The number of rotatable bonds is 5. The van der Waals surface area contributed by atoms with Gasteiger partial charge in [-0.05, 0) is 19.0 Å². The van der Waals surface area contributed by atoms with Crippen molar-refractivity contribution in [3.63, 3.8) is 0 Å². The molecule has 0 atom stereocenters. The molecule has 1 aromatic heterocycles. The summed E-state index contributed by atoms with van der Waals surface area (Å²) < 4.78 is 19.6. The zero-order valence-electron chi connectivity index (χ0n) is 15.5. The Morgan fingerprint density at radius 2 is 2.00 bits per heavy atom. The van der Waals surface area contributed by atoms with E-state index >= 15 is 4.39 Å². The molecule has 0 saturated carbocycles. The lowest BCUT2D eigenvalue weighted by molar-refractivity contribution is 0.144. The number of aromatic nitrogens is 1. The third-order valence-corrected chi connectivity index (χ3v) is 5.00. The number of aryl methyl sites for hydroxylation is 1. The van der Waals surface area contributed by atoms with E-state index in [1.165, 1.54) is 12.3 Å². The number of nitrogens with zero attached hydrogens (tertiary/aromatic N) is 2. The normalized spacial score (nSPS) is 15.3. The molecule has 0 unspecified atom stereocenters. The molecular weight excluding hydrogens is 353 g/mol. The number of piperazine rings is 1. The Morgan fingerprint density at radius 1 is 1.30 bits per heavy atom. The fraction of sp³-hybridized carbons (Fsp3) is 0.474. The Kier molecular flexibility index (Phi) is 5.65. The minimum Gasteiger partial charge on any atom is -0.449 e. The number of halogens is 1. The topological polar surface area (TPSA) is 85.9 Å². The predicted molar refractivity (Wildman–Crippen MR) is 102 cm³/mol. The molecule has 2 heterocycles. The molecule has 0 spiro atoms. The van der Waals surface area contributed by atoms with Crippen molar-refractivity contribution in [1.29, 1.82) is 0 Å². The van der Waals surface area contributed by atoms with Crippen LogP contribution >= 0.6 is 0 Å². The Bertz CT molecular complexity index is 904. The van der Waals surface area contributed by atoms with Gasteiger partial charge in [-0.1, -0.05) is 20.3 Å². The van der Waals surface area contributed by atoms with E-state index in [4.69, 9.17) is 5.11 Å². The van der Waals surface area contributed by atoms with Crippen LogP contribution in [-0.4, -0.2) is 53.9 Å². The Labute approximate surface area is 156 Å². The first-order valence-electron chi connectivity index (χ1n) is 9.21. The van der Waals surface area contributed by atoms with Crippen molar-refractivity contribution < 1.29 is 19.0 Å². The maximum atomic E-state index is 15.1. The number of carboxylic acid groups (broad SMARTS) is 1. The Hall–Kier alpha value is -2.61. The molecule has 1 aromatic carbocycles. The van der Waals surface area contributed by atoms with Crippen LogP contribution in [0.1, 0.15) is 25.8 Å². The van der Waals surface area contributed by atoms with Crippen molar-refractivity contribution in [2.45, 2.75) is 26.7 Å². The lowest BCUT2D eigenvalue weighted by Gasteiger charge is -2.36. The monoisotopic (exact) mass is 377 g/mol. The zero-order chi connectivity index (χ0) is 19.6. The quantitative estimate of drug-likeness (QED) is 0.780. The van der Waals surface area contributed by atoms with Crippen LogP contribution in [0.25, 0.3) is 10.9 Å². The molecule has 27 heavy (non-hydrogen) atoms. The van der Waals surface area contributed by atoms with Gasteiger partial charge < -0.3 is 24.6 Å². The average Bonchev–Trinajstić information content (AvgIpc) is 2.65. The molecule has 2 aromatic rings. The summed E-state index contributed by atoms with van der Waals surface area (Å²) >= 11 is 0. The number of fused-ring (bicyclic) bond motifs is 1. The highest BCUT2D eigenvalue weighted by molar-refractivity contribution is 5.88. The summed E-state index contributed by atoms with van der Waals surface area (Å²) in [4.78, 5) is 30.6. The summed E-state index contributed by atoms with van der Waals surface area (Å²) in [6, 6.07) is 1.18. The van der Waals surface area contributed by atoms with Crippen molar-refractivity contribution in [2.75, 3.05) is 37.6 Å². The largest absolute Gasteiger partial charge is 0.511 e. The van der Waals surface area contributed by atoms with Crippen molar-refractivity contribution in [3.8, 4) is 5.75 Å². The SMILES string of the molecule is CCCc1c(N2CCN(CC)CC2)c(F)cc2c(=O)c(OC(=O)O)c[nH]c12. The molecule has 1 aliphatic heterocycles. The summed E-state index contributed by atoms with van der Waals surface area (Å²) in [5.41, 5.74) is 1.18. The minimum atomic E-state index is -1.58. The molecular formula is C19H24FN3O4. The molecule has 2 N–H and O–H groups in total. The van der Waals surface area contributed by atoms with Gasteiger partial charge in [-0.15, -0.1) is 0 Å². The molecule has 1 fully saturated rings. The van der Waals surface area contributed by atoms with Gasteiger partial charge in [-0.3, -0.25) is 4.79 Å². The molecule has 0 bridgehead atoms. The molecule has 8 heteroatoms. The van der Waals surface area contributed by atoms with Gasteiger partial charge in [0.25, 0.3) is 0 Å². The molecule has 0 aliphatic carbocycles. The van der Waals surface area contributed by atoms with Gasteiger partial charge in [0, 0.05) is 37.9 Å². The molecule has 1 saturated heterocycles. The predicted octanol–water partition coefficient (Wildman–Crippen LogP) is 2.82. The Morgan fingerprint density at radius 3 is 2.59 bits per heavy atom. The number of likely N-dealkylation sites (N-methyl/N-ethyl adjacent to an activating group) is 1. The summed E-state index contributed by atoms with van der Waals surface area (Å²) in [5.74, 6) is -0.824. The second kappa shape index (κ2) is 7.96. The summed E-state index contributed by atoms with van der Waals surface area (Å²) in [5, 5.41) is 8.86. The van der Waals surface area contributed by atoms with E-state index in [-0.39, 0.29) is 11.1 Å². The van der Waals surface area contributed by atoms with E-state index in [2.05, 4.69) is 21.5 Å². The highest BCUT2D eigenvalue weighted by Crippen LogP contribution is 2.32. The Balaban J connectivity index is 2.12. The van der Waals surface area contributed by atoms with Crippen LogP contribution in [0.15, 0.2) is 17.1 Å². The number of anilines is 1. The minimum absolute atomic E-state index is 0.102. The molecule has 146 valence electrons. The number of pyridine rings is 1. The number of ether oxygens (including phenoxy) is 1. The molecule has 0 amide bonds. The van der Waals surface area contributed by atoms with E-state index in [0.717, 1.165) is 44.7 Å². The van der Waals surface area contributed by atoms with Crippen LogP contribution in [0.4, 0.5) is 14.9 Å². The number of H-pyrrole nitrogens is 1. The van der Waals surface area contributed by atoms with E-state index in [1.807, 2.05) is 11.8 Å². The van der Waals surface area contributed by atoms with Crippen LogP contribution in [0.2, 0.25) is 0 Å². The smallest absolute Gasteiger partial charge is 0.449 e. The van der Waals surface area contributed by atoms with Gasteiger partial charge in [-0.25, -0.2) is 9.18 Å². The summed E-state index contributed by atoms with van der Waals surface area (Å²) in [6.45, 7) is 8.24. The number of hydrogen-bond donors (Lipinski definition) is 2. The number of nitrogens with one attached hydrogen (secondary N) is 1. The van der Waals surface area contributed by atoms with Crippen molar-refractivity contribution >= 4 is 22.7 Å². The summed E-state index contributed by atoms with van der Waals surface area (Å²) in [6.07, 6.45) is 1.04. The highest BCUT2D eigenvalue weighted by atomic mass is 19.1. The molecule has 3 rings (SSSR count). The molecule has 1 aliphatic rings. The third-order valence-electron chi connectivity index (χ3n) is 5.00. The maximum absolute atomic E-state index is 15.1. The standard InChI is InChI=1S/C19H24FN3O4/c1-3-5-12-16-13(18(24)15(11-21-16)27-19(25)26)10-14(20)17(12)23-8-6-22(4-2)7-9-23/h10-11H,3-9H2,1-2H3,(H,21,24)(H,25,26). The third kappa shape index (κ3) is 3.75. The van der Waals surface area contributed by atoms with Gasteiger partial charge in [0.2, 0.25) is 5.43 Å². The van der Waals surface area contributed by atoms with Crippen LogP contribution in [0.5, 0.6) is 5.75 Å². The first-order chi connectivity index (χ1) is 13.0. The van der Waals surface area contributed by atoms with Crippen molar-refractivity contribution in [2.24, 2.45) is 0 Å². The number of hydrogen-bond acceptors (Lipinski definition) is 5. The zero-order valence-corrected chi connectivity index (χ0v) is 15.5. The fourth-order valence-electron chi connectivity index (χ4n) is 3.67. The number of aromatic amines is 1. The van der Waals surface area contributed by atoms with Crippen LogP contribution in [-0.2, 0) is 6.42 Å².